The van der Waals surface area contributed by atoms with E-state index < -0.39 is 40.4 Å². The van der Waals surface area contributed by atoms with E-state index in [-0.39, 0.29) is 0 Å². The highest BCUT2D eigenvalue weighted by molar-refractivity contribution is 5.37. The minimum absolute atomic E-state index is 1.05. The van der Waals surface area contributed by atoms with Gasteiger partial charge < -0.3 is 9.84 Å². The summed E-state index contributed by atoms with van der Waals surface area (Å²) in [5.74, 6) is -10.8. The van der Waals surface area contributed by atoms with Crippen LogP contribution in [-0.4, -0.2) is 5.60 Å². The van der Waals surface area contributed by atoms with Crippen LogP contribution in [0, 0.1) is 23.3 Å². The lowest BCUT2D eigenvalue weighted by Gasteiger charge is -2.23. The first kappa shape index (κ1) is 12.6. The van der Waals surface area contributed by atoms with Gasteiger partial charge in [0.25, 0.3) is 0 Å². The van der Waals surface area contributed by atoms with Crippen molar-refractivity contribution in [3.05, 3.63) is 23.3 Å². The SMILES string of the molecule is CC(C)(C)Oc1c(F)c(F)c([O-])c(F)c1F. The first-order valence-electron chi connectivity index (χ1n) is 4.37. The van der Waals surface area contributed by atoms with Crippen LogP contribution in [0.3, 0.4) is 0 Å². The number of rotatable bonds is 1. The maximum Gasteiger partial charge on any atom is 0.203 e. The summed E-state index contributed by atoms with van der Waals surface area (Å²) in [6.07, 6.45) is 0. The van der Waals surface area contributed by atoms with E-state index in [4.69, 9.17) is 4.74 Å². The van der Waals surface area contributed by atoms with Crippen LogP contribution in [0.1, 0.15) is 20.8 Å². The van der Waals surface area contributed by atoms with Gasteiger partial charge in [0.15, 0.2) is 17.4 Å². The largest absolute Gasteiger partial charge is 0.868 e. The lowest BCUT2D eigenvalue weighted by atomic mass is 10.2. The Morgan fingerprint density at radius 1 is 0.875 bits per heavy atom. The minimum atomic E-state index is -1.99. The van der Waals surface area contributed by atoms with Gasteiger partial charge in [-0.05, 0) is 26.5 Å². The van der Waals surface area contributed by atoms with Gasteiger partial charge in [-0.25, -0.2) is 8.78 Å². The summed E-state index contributed by atoms with van der Waals surface area (Å²) in [6, 6.07) is 0. The molecule has 16 heavy (non-hydrogen) atoms. The highest BCUT2D eigenvalue weighted by Crippen LogP contribution is 2.33. The van der Waals surface area contributed by atoms with Crippen molar-refractivity contribution in [2.24, 2.45) is 0 Å². The van der Waals surface area contributed by atoms with Crippen LogP contribution in [0.2, 0.25) is 0 Å². The molecule has 90 valence electrons. The molecule has 0 saturated carbocycles. The molecule has 1 aromatic carbocycles. The van der Waals surface area contributed by atoms with E-state index in [1.54, 1.807) is 0 Å². The zero-order valence-electron chi connectivity index (χ0n) is 8.83. The van der Waals surface area contributed by atoms with Gasteiger partial charge in [0.2, 0.25) is 11.6 Å². The number of benzene rings is 1. The molecule has 6 heteroatoms. The molecule has 0 fully saturated rings. The van der Waals surface area contributed by atoms with Gasteiger partial charge in [-0.15, -0.1) is 0 Å². The van der Waals surface area contributed by atoms with Crippen molar-refractivity contribution in [2.75, 3.05) is 0 Å². The van der Waals surface area contributed by atoms with Crippen LogP contribution < -0.4 is 9.84 Å². The molecule has 0 N–H and O–H groups in total. The molecule has 0 unspecified atom stereocenters. The molecule has 2 nitrogen and oxygen atoms in total. The zero-order valence-corrected chi connectivity index (χ0v) is 8.83. The van der Waals surface area contributed by atoms with Gasteiger partial charge >= 0.3 is 0 Å². The van der Waals surface area contributed by atoms with Crippen LogP contribution in [-0.2, 0) is 0 Å². The fourth-order valence-electron chi connectivity index (χ4n) is 0.987. The van der Waals surface area contributed by atoms with E-state index in [2.05, 4.69) is 0 Å². The van der Waals surface area contributed by atoms with Gasteiger partial charge in [0.05, 0.1) is 0 Å². The minimum Gasteiger partial charge on any atom is -0.868 e. The maximum absolute atomic E-state index is 13.1. The lowest BCUT2D eigenvalue weighted by molar-refractivity contribution is -0.277. The van der Waals surface area contributed by atoms with Crippen LogP contribution in [0.25, 0.3) is 0 Å². The predicted molar refractivity (Wildman–Crippen MR) is 46.1 cm³/mol. The summed E-state index contributed by atoms with van der Waals surface area (Å²) in [5, 5.41) is 10.6. The van der Waals surface area contributed by atoms with E-state index in [1.807, 2.05) is 0 Å². The first-order chi connectivity index (χ1) is 7.15. The molecule has 0 amide bonds. The highest BCUT2D eigenvalue weighted by Gasteiger charge is 2.25. The number of halogens is 4. The number of hydrogen-bond acceptors (Lipinski definition) is 2. The third-order valence-corrected chi connectivity index (χ3v) is 1.59. The highest BCUT2D eigenvalue weighted by atomic mass is 19.2. The van der Waals surface area contributed by atoms with Crippen molar-refractivity contribution >= 4 is 0 Å². The fraction of sp³-hybridized carbons (Fsp3) is 0.400. The van der Waals surface area contributed by atoms with Gasteiger partial charge in [-0.1, -0.05) is 0 Å². The smallest absolute Gasteiger partial charge is 0.203 e. The molecule has 0 bridgehead atoms. The topological polar surface area (TPSA) is 32.3 Å². The molecule has 0 heterocycles. The normalized spacial score (nSPS) is 11.7. The molecule has 0 radical (unpaired) electrons. The maximum atomic E-state index is 13.1. The van der Waals surface area contributed by atoms with Crippen LogP contribution in [0.5, 0.6) is 11.5 Å². The van der Waals surface area contributed by atoms with Gasteiger partial charge in [-0.2, -0.15) is 8.78 Å². The first-order valence-corrected chi connectivity index (χ1v) is 4.37. The zero-order chi connectivity index (χ0) is 12.7. The van der Waals surface area contributed by atoms with E-state index in [9.17, 15) is 22.7 Å². The second-order valence-corrected chi connectivity index (χ2v) is 4.13. The summed E-state index contributed by atoms with van der Waals surface area (Å²) in [6.45, 7) is 4.31. The van der Waals surface area contributed by atoms with E-state index in [0.29, 0.717) is 0 Å². The van der Waals surface area contributed by atoms with Crippen molar-refractivity contribution in [3.8, 4) is 11.5 Å². The Kier molecular flexibility index (Phi) is 3.03. The lowest BCUT2D eigenvalue weighted by Crippen LogP contribution is -2.25. The summed E-state index contributed by atoms with van der Waals surface area (Å²) in [7, 11) is 0. The number of ether oxygens (including phenoxy) is 1. The van der Waals surface area contributed by atoms with E-state index in [0.717, 1.165) is 0 Å². The fourth-order valence-corrected chi connectivity index (χ4v) is 0.987. The Hall–Kier alpha value is -1.46. The molecule has 1 aromatic rings. The molecule has 1 rings (SSSR count). The molecule has 0 aliphatic carbocycles. The molecule has 0 aromatic heterocycles. The monoisotopic (exact) mass is 237 g/mol. The second-order valence-electron chi connectivity index (χ2n) is 4.13. The van der Waals surface area contributed by atoms with Gasteiger partial charge in [0.1, 0.15) is 5.60 Å². The van der Waals surface area contributed by atoms with Crippen molar-refractivity contribution < 1.29 is 27.4 Å². The van der Waals surface area contributed by atoms with Crippen molar-refractivity contribution in [3.63, 3.8) is 0 Å². The Morgan fingerprint density at radius 2 is 1.25 bits per heavy atom. The van der Waals surface area contributed by atoms with Crippen molar-refractivity contribution in [1.29, 1.82) is 0 Å². The van der Waals surface area contributed by atoms with Crippen LogP contribution in [0.15, 0.2) is 0 Å². The van der Waals surface area contributed by atoms with E-state index in [1.165, 1.54) is 20.8 Å². The molecule has 0 atom stereocenters. The Labute approximate surface area is 89.5 Å². The number of hydrogen-bond donors (Lipinski definition) is 0. The summed E-state index contributed by atoms with van der Waals surface area (Å²) in [5.41, 5.74) is -1.05. The third kappa shape index (κ3) is 2.20. The van der Waals surface area contributed by atoms with Crippen LogP contribution >= 0.6 is 0 Å². The molecular formula is C10H9F4O2-. The Balaban J connectivity index is 3.40. The third-order valence-electron chi connectivity index (χ3n) is 1.59. The van der Waals surface area contributed by atoms with Crippen molar-refractivity contribution in [2.45, 2.75) is 26.4 Å². The Morgan fingerprint density at radius 3 is 1.56 bits per heavy atom. The quantitative estimate of drug-likeness (QED) is 0.555. The Bertz CT molecular complexity index is 395. The molecular weight excluding hydrogens is 228 g/mol. The molecule has 0 saturated heterocycles. The van der Waals surface area contributed by atoms with Gasteiger partial charge in [-0.3, -0.25) is 0 Å². The molecule has 0 aliphatic rings. The van der Waals surface area contributed by atoms with Gasteiger partial charge in [0, 0.05) is 0 Å². The summed E-state index contributed by atoms with van der Waals surface area (Å²) < 4.78 is 56.6. The summed E-state index contributed by atoms with van der Waals surface area (Å²) in [4.78, 5) is 0. The second kappa shape index (κ2) is 3.84. The molecule has 0 spiro atoms. The van der Waals surface area contributed by atoms with Crippen LogP contribution in [0.4, 0.5) is 17.6 Å². The standard InChI is InChI=1S/C10H10F4O2/c1-10(2,3)16-9-6(13)4(11)8(15)5(12)7(9)14/h15H,1-3H3/p-1. The average molecular weight is 237 g/mol. The average Bonchev–Trinajstić information content (AvgIpc) is 2.17. The molecule has 0 aliphatic heterocycles. The van der Waals surface area contributed by atoms with Crippen molar-refractivity contribution in [1.82, 2.24) is 0 Å². The van der Waals surface area contributed by atoms with E-state index >= 15 is 0 Å². The summed E-state index contributed by atoms with van der Waals surface area (Å²) >= 11 is 0. The predicted octanol–water partition coefficient (Wildman–Crippen LogP) is 2.49.